The SMILES string of the molecule is CN(CCN1CCOCC1)C(CN)c1cccnc1. The zero-order valence-electron chi connectivity index (χ0n) is 11.7. The molecule has 1 aliphatic rings. The van der Waals surface area contributed by atoms with Crippen LogP contribution < -0.4 is 5.73 Å². The molecule has 106 valence electrons. The lowest BCUT2D eigenvalue weighted by Crippen LogP contribution is -2.42. The van der Waals surface area contributed by atoms with Crippen molar-refractivity contribution in [2.75, 3.05) is 53.0 Å². The van der Waals surface area contributed by atoms with Gasteiger partial charge < -0.3 is 10.5 Å². The third-order valence-electron chi connectivity index (χ3n) is 3.70. The molecule has 0 radical (unpaired) electrons. The molecule has 1 fully saturated rings. The fraction of sp³-hybridized carbons (Fsp3) is 0.643. The minimum Gasteiger partial charge on any atom is -0.379 e. The molecule has 0 spiro atoms. The molecule has 5 heteroatoms. The smallest absolute Gasteiger partial charge is 0.0594 e. The third-order valence-corrected chi connectivity index (χ3v) is 3.70. The summed E-state index contributed by atoms with van der Waals surface area (Å²) in [5.74, 6) is 0. The molecule has 19 heavy (non-hydrogen) atoms. The fourth-order valence-corrected chi connectivity index (χ4v) is 2.42. The topological polar surface area (TPSA) is 54.6 Å². The van der Waals surface area contributed by atoms with Crippen LogP contribution in [0, 0.1) is 0 Å². The molecule has 0 aromatic carbocycles. The Morgan fingerprint density at radius 2 is 2.26 bits per heavy atom. The summed E-state index contributed by atoms with van der Waals surface area (Å²) in [6, 6.07) is 4.30. The van der Waals surface area contributed by atoms with Gasteiger partial charge in [0.1, 0.15) is 0 Å². The molecule has 1 aromatic heterocycles. The van der Waals surface area contributed by atoms with E-state index in [1.165, 1.54) is 5.56 Å². The normalized spacial score (nSPS) is 18.7. The summed E-state index contributed by atoms with van der Waals surface area (Å²) >= 11 is 0. The summed E-state index contributed by atoms with van der Waals surface area (Å²) in [5, 5.41) is 0. The van der Waals surface area contributed by atoms with E-state index in [2.05, 4.69) is 27.9 Å². The van der Waals surface area contributed by atoms with Gasteiger partial charge in [0.2, 0.25) is 0 Å². The maximum Gasteiger partial charge on any atom is 0.0594 e. The van der Waals surface area contributed by atoms with Crippen molar-refractivity contribution in [1.82, 2.24) is 14.8 Å². The van der Waals surface area contributed by atoms with Gasteiger partial charge in [-0.15, -0.1) is 0 Å². The molecule has 2 heterocycles. The number of pyridine rings is 1. The second kappa shape index (κ2) is 7.55. The number of hydrogen-bond acceptors (Lipinski definition) is 5. The average Bonchev–Trinajstić information content (AvgIpc) is 2.48. The zero-order chi connectivity index (χ0) is 13.5. The highest BCUT2D eigenvalue weighted by Crippen LogP contribution is 2.16. The number of likely N-dealkylation sites (N-methyl/N-ethyl adjacent to an activating group) is 1. The molecule has 1 aromatic rings. The van der Waals surface area contributed by atoms with E-state index in [9.17, 15) is 0 Å². The predicted octanol–water partition coefficient (Wildman–Crippen LogP) is 0.345. The minimum atomic E-state index is 0.245. The van der Waals surface area contributed by atoms with E-state index in [4.69, 9.17) is 10.5 Å². The second-order valence-electron chi connectivity index (χ2n) is 4.97. The van der Waals surface area contributed by atoms with E-state index >= 15 is 0 Å². The van der Waals surface area contributed by atoms with Crippen molar-refractivity contribution < 1.29 is 4.74 Å². The summed E-state index contributed by atoms with van der Waals surface area (Å²) in [6.45, 7) is 6.47. The quantitative estimate of drug-likeness (QED) is 0.803. The van der Waals surface area contributed by atoms with Crippen LogP contribution in [0.4, 0.5) is 0 Å². The lowest BCUT2D eigenvalue weighted by molar-refractivity contribution is 0.0327. The molecule has 5 nitrogen and oxygen atoms in total. The van der Waals surface area contributed by atoms with Gasteiger partial charge in [0.15, 0.2) is 0 Å². The lowest BCUT2D eigenvalue weighted by atomic mass is 10.1. The Kier molecular flexibility index (Phi) is 5.72. The van der Waals surface area contributed by atoms with E-state index in [0.717, 1.165) is 39.4 Å². The van der Waals surface area contributed by atoms with Gasteiger partial charge in [0.05, 0.1) is 13.2 Å². The molecule has 2 N–H and O–H groups in total. The zero-order valence-corrected chi connectivity index (χ0v) is 11.7. The maximum atomic E-state index is 5.91. The number of rotatable bonds is 6. The van der Waals surface area contributed by atoms with E-state index in [1.807, 2.05) is 12.3 Å². The van der Waals surface area contributed by atoms with Crippen LogP contribution in [-0.4, -0.2) is 67.8 Å². The van der Waals surface area contributed by atoms with Crippen molar-refractivity contribution in [3.63, 3.8) is 0 Å². The van der Waals surface area contributed by atoms with Crippen molar-refractivity contribution >= 4 is 0 Å². The van der Waals surface area contributed by atoms with Crippen LogP contribution in [0.5, 0.6) is 0 Å². The Hall–Kier alpha value is -1.01. The highest BCUT2D eigenvalue weighted by molar-refractivity contribution is 5.14. The van der Waals surface area contributed by atoms with Gasteiger partial charge >= 0.3 is 0 Å². The van der Waals surface area contributed by atoms with E-state index in [0.29, 0.717) is 6.54 Å². The molecule has 0 aliphatic carbocycles. The summed E-state index contributed by atoms with van der Waals surface area (Å²) < 4.78 is 5.36. The molecular formula is C14H24N4O. The van der Waals surface area contributed by atoms with Crippen molar-refractivity contribution in [2.24, 2.45) is 5.73 Å². The fourth-order valence-electron chi connectivity index (χ4n) is 2.42. The van der Waals surface area contributed by atoms with E-state index < -0.39 is 0 Å². The Labute approximate surface area is 115 Å². The van der Waals surface area contributed by atoms with Crippen LogP contribution >= 0.6 is 0 Å². The molecule has 0 bridgehead atoms. The standard InChI is InChI=1S/C14H24N4O/c1-17(5-6-18-7-9-19-10-8-18)14(11-15)13-3-2-4-16-12-13/h2-4,12,14H,5-11,15H2,1H3. The van der Waals surface area contributed by atoms with Crippen molar-refractivity contribution in [2.45, 2.75) is 6.04 Å². The van der Waals surface area contributed by atoms with Crippen LogP contribution in [0.25, 0.3) is 0 Å². The molecule has 1 atom stereocenters. The first-order valence-corrected chi connectivity index (χ1v) is 6.91. The number of morpholine rings is 1. The Morgan fingerprint density at radius 3 is 2.89 bits per heavy atom. The van der Waals surface area contributed by atoms with Crippen LogP contribution in [0.2, 0.25) is 0 Å². The minimum absolute atomic E-state index is 0.245. The maximum absolute atomic E-state index is 5.91. The molecule has 2 rings (SSSR count). The largest absolute Gasteiger partial charge is 0.379 e. The number of ether oxygens (including phenoxy) is 1. The molecule has 1 aliphatic heterocycles. The highest BCUT2D eigenvalue weighted by atomic mass is 16.5. The van der Waals surface area contributed by atoms with Crippen molar-refractivity contribution in [3.05, 3.63) is 30.1 Å². The first kappa shape index (κ1) is 14.4. The second-order valence-corrected chi connectivity index (χ2v) is 4.97. The summed E-state index contributed by atoms with van der Waals surface area (Å²) in [6.07, 6.45) is 3.70. The predicted molar refractivity (Wildman–Crippen MR) is 75.9 cm³/mol. The van der Waals surface area contributed by atoms with Gasteiger partial charge in [0.25, 0.3) is 0 Å². The molecular weight excluding hydrogens is 240 g/mol. The van der Waals surface area contributed by atoms with Gasteiger partial charge in [0, 0.05) is 51.2 Å². The summed E-state index contributed by atoms with van der Waals surface area (Å²) in [7, 11) is 2.13. The van der Waals surface area contributed by atoms with Crippen LogP contribution in [0.15, 0.2) is 24.5 Å². The van der Waals surface area contributed by atoms with E-state index in [-0.39, 0.29) is 6.04 Å². The molecule has 0 saturated carbocycles. The first-order chi connectivity index (χ1) is 9.31. The number of nitrogens with two attached hydrogens (primary N) is 1. The monoisotopic (exact) mass is 264 g/mol. The van der Waals surface area contributed by atoms with Crippen LogP contribution in [0.3, 0.4) is 0 Å². The number of nitrogens with zero attached hydrogens (tertiary/aromatic N) is 3. The van der Waals surface area contributed by atoms with Gasteiger partial charge in [-0.1, -0.05) is 6.07 Å². The number of hydrogen-bond donors (Lipinski definition) is 1. The summed E-state index contributed by atoms with van der Waals surface area (Å²) in [5.41, 5.74) is 7.10. The Morgan fingerprint density at radius 1 is 1.47 bits per heavy atom. The van der Waals surface area contributed by atoms with Gasteiger partial charge in [-0.25, -0.2) is 0 Å². The lowest BCUT2D eigenvalue weighted by Gasteiger charge is -2.31. The van der Waals surface area contributed by atoms with Gasteiger partial charge in [-0.3, -0.25) is 14.8 Å². The van der Waals surface area contributed by atoms with Crippen molar-refractivity contribution in [1.29, 1.82) is 0 Å². The van der Waals surface area contributed by atoms with E-state index in [1.54, 1.807) is 6.20 Å². The third kappa shape index (κ3) is 4.24. The first-order valence-electron chi connectivity index (χ1n) is 6.91. The average molecular weight is 264 g/mol. The highest BCUT2D eigenvalue weighted by Gasteiger charge is 2.17. The van der Waals surface area contributed by atoms with Gasteiger partial charge in [-0.2, -0.15) is 0 Å². The van der Waals surface area contributed by atoms with Crippen LogP contribution in [0.1, 0.15) is 11.6 Å². The van der Waals surface area contributed by atoms with Crippen LogP contribution in [-0.2, 0) is 4.74 Å². The molecule has 1 unspecified atom stereocenters. The van der Waals surface area contributed by atoms with Gasteiger partial charge in [-0.05, 0) is 18.7 Å². The Bertz CT molecular complexity index is 354. The number of aromatic nitrogens is 1. The molecule has 0 amide bonds. The molecule has 1 saturated heterocycles. The van der Waals surface area contributed by atoms with Crippen molar-refractivity contribution in [3.8, 4) is 0 Å². The summed E-state index contributed by atoms with van der Waals surface area (Å²) in [4.78, 5) is 8.93. The Balaban J connectivity index is 1.84.